The highest BCUT2D eigenvalue weighted by atomic mass is 19.4. The van der Waals surface area contributed by atoms with Crippen molar-refractivity contribution in [3.8, 4) is 0 Å². The summed E-state index contributed by atoms with van der Waals surface area (Å²) in [6.07, 6.45) is -2.33. The Morgan fingerprint density at radius 1 is 1.10 bits per heavy atom. The monoisotopic (exact) mass is 284 g/mol. The number of anilines is 1. The molecule has 1 aromatic carbocycles. The van der Waals surface area contributed by atoms with Gasteiger partial charge in [0.15, 0.2) is 5.82 Å². The molecule has 0 unspecified atom stereocenters. The van der Waals surface area contributed by atoms with Crippen molar-refractivity contribution < 1.29 is 22.4 Å². The average Bonchev–Trinajstić information content (AvgIpc) is 2.38. The number of aromatic nitrogens is 1. The molecule has 0 aliphatic carbocycles. The molecule has 0 saturated carbocycles. The molecule has 0 spiro atoms. The molecule has 104 valence electrons. The van der Waals surface area contributed by atoms with Crippen molar-refractivity contribution in [2.45, 2.75) is 6.18 Å². The Morgan fingerprint density at radius 3 is 2.30 bits per heavy atom. The van der Waals surface area contributed by atoms with Gasteiger partial charge in [0.25, 0.3) is 5.91 Å². The molecule has 0 bridgehead atoms. The van der Waals surface area contributed by atoms with E-state index in [1.807, 2.05) is 0 Å². The fourth-order valence-electron chi connectivity index (χ4n) is 1.50. The number of alkyl halides is 3. The molecule has 0 atom stereocenters. The third-order valence-corrected chi connectivity index (χ3v) is 2.49. The van der Waals surface area contributed by atoms with E-state index in [2.05, 4.69) is 10.3 Å². The number of benzene rings is 1. The topological polar surface area (TPSA) is 42.0 Å². The minimum Gasteiger partial charge on any atom is -0.322 e. The minimum atomic E-state index is -4.44. The Kier molecular flexibility index (Phi) is 3.69. The summed E-state index contributed by atoms with van der Waals surface area (Å²) in [5.41, 5.74) is -0.926. The van der Waals surface area contributed by atoms with Crippen LogP contribution in [-0.2, 0) is 6.18 Å². The van der Waals surface area contributed by atoms with Gasteiger partial charge in [-0.15, -0.1) is 0 Å². The fourth-order valence-corrected chi connectivity index (χ4v) is 1.50. The third kappa shape index (κ3) is 3.11. The van der Waals surface area contributed by atoms with Crippen LogP contribution in [0, 0.1) is 5.82 Å². The van der Waals surface area contributed by atoms with E-state index in [4.69, 9.17) is 0 Å². The highest BCUT2D eigenvalue weighted by Crippen LogP contribution is 2.29. The van der Waals surface area contributed by atoms with Crippen molar-refractivity contribution in [3.05, 3.63) is 59.7 Å². The molecular formula is C13H8F4N2O. The zero-order chi connectivity index (χ0) is 14.8. The molecule has 0 saturated heterocycles. The normalized spacial score (nSPS) is 11.2. The van der Waals surface area contributed by atoms with E-state index in [1.54, 1.807) is 0 Å². The van der Waals surface area contributed by atoms with Crippen LogP contribution in [0.15, 0.2) is 42.7 Å². The maximum absolute atomic E-state index is 13.3. The lowest BCUT2D eigenvalue weighted by Crippen LogP contribution is -2.14. The van der Waals surface area contributed by atoms with Gasteiger partial charge in [0.2, 0.25) is 0 Å². The summed E-state index contributed by atoms with van der Waals surface area (Å²) < 4.78 is 50.4. The molecule has 2 aromatic rings. The molecule has 1 heterocycles. The van der Waals surface area contributed by atoms with Crippen molar-refractivity contribution in [2.24, 2.45) is 0 Å². The first-order valence-corrected chi connectivity index (χ1v) is 5.46. The van der Waals surface area contributed by atoms with Gasteiger partial charge in [-0.1, -0.05) is 0 Å². The second-order valence-electron chi connectivity index (χ2n) is 3.88. The van der Waals surface area contributed by atoms with Gasteiger partial charge in [-0.3, -0.25) is 9.78 Å². The summed E-state index contributed by atoms with van der Waals surface area (Å²) >= 11 is 0. The number of nitrogens with zero attached hydrogens (tertiary/aromatic N) is 1. The SMILES string of the molecule is O=C(Nc1ccc(C(F)(F)F)cc1)c1ccncc1F. The Bertz CT molecular complexity index is 623. The number of rotatable bonds is 2. The lowest BCUT2D eigenvalue weighted by atomic mass is 10.2. The number of carbonyl (C=O) groups is 1. The predicted molar refractivity (Wildman–Crippen MR) is 63.6 cm³/mol. The fraction of sp³-hybridized carbons (Fsp3) is 0.0769. The van der Waals surface area contributed by atoms with E-state index in [1.165, 1.54) is 12.3 Å². The second-order valence-corrected chi connectivity index (χ2v) is 3.88. The number of pyridine rings is 1. The highest BCUT2D eigenvalue weighted by Gasteiger charge is 2.30. The van der Waals surface area contributed by atoms with Gasteiger partial charge in [0.1, 0.15) is 0 Å². The van der Waals surface area contributed by atoms with Gasteiger partial charge >= 0.3 is 6.18 Å². The summed E-state index contributed by atoms with van der Waals surface area (Å²) in [5, 5.41) is 2.30. The van der Waals surface area contributed by atoms with Gasteiger partial charge in [0.05, 0.1) is 17.3 Å². The minimum absolute atomic E-state index is 0.138. The molecule has 0 aliphatic rings. The van der Waals surface area contributed by atoms with Crippen molar-refractivity contribution in [1.29, 1.82) is 0 Å². The number of hydrogen-bond donors (Lipinski definition) is 1. The van der Waals surface area contributed by atoms with Gasteiger partial charge < -0.3 is 5.32 Å². The lowest BCUT2D eigenvalue weighted by Gasteiger charge is -2.09. The lowest BCUT2D eigenvalue weighted by molar-refractivity contribution is -0.137. The molecule has 3 nitrogen and oxygen atoms in total. The van der Waals surface area contributed by atoms with Crippen LogP contribution in [-0.4, -0.2) is 10.9 Å². The van der Waals surface area contributed by atoms with E-state index >= 15 is 0 Å². The van der Waals surface area contributed by atoms with Gasteiger partial charge in [-0.25, -0.2) is 4.39 Å². The Hall–Kier alpha value is -2.44. The van der Waals surface area contributed by atoms with Crippen LogP contribution >= 0.6 is 0 Å². The summed E-state index contributed by atoms with van der Waals surface area (Å²) in [6, 6.07) is 5.03. The first-order chi connectivity index (χ1) is 9.38. The van der Waals surface area contributed by atoms with Crippen molar-refractivity contribution in [3.63, 3.8) is 0 Å². The van der Waals surface area contributed by atoms with Crippen LogP contribution in [0.1, 0.15) is 15.9 Å². The van der Waals surface area contributed by atoms with Crippen LogP contribution < -0.4 is 5.32 Å². The summed E-state index contributed by atoms with van der Waals surface area (Å²) in [5.74, 6) is -1.57. The number of amides is 1. The van der Waals surface area contributed by atoms with Crippen LogP contribution in [0.2, 0.25) is 0 Å². The quantitative estimate of drug-likeness (QED) is 0.858. The molecular weight excluding hydrogens is 276 g/mol. The molecule has 1 aromatic heterocycles. The van der Waals surface area contributed by atoms with E-state index in [0.29, 0.717) is 0 Å². The van der Waals surface area contributed by atoms with Crippen LogP contribution in [0.25, 0.3) is 0 Å². The number of hydrogen-bond acceptors (Lipinski definition) is 2. The van der Waals surface area contributed by atoms with Crippen LogP contribution in [0.3, 0.4) is 0 Å². The van der Waals surface area contributed by atoms with Crippen LogP contribution in [0.4, 0.5) is 23.2 Å². The zero-order valence-electron chi connectivity index (χ0n) is 9.91. The van der Waals surface area contributed by atoms with Gasteiger partial charge in [-0.05, 0) is 30.3 Å². The van der Waals surface area contributed by atoms with Crippen molar-refractivity contribution in [1.82, 2.24) is 4.98 Å². The number of carbonyl (C=O) groups excluding carboxylic acids is 1. The molecule has 20 heavy (non-hydrogen) atoms. The molecule has 1 amide bonds. The zero-order valence-corrected chi connectivity index (χ0v) is 9.91. The molecule has 0 aliphatic heterocycles. The van der Waals surface area contributed by atoms with Crippen molar-refractivity contribution >= 4 is 11.6 Å². The third-order valence-electron chi connectivity index (χ3n) is 2.49. The molecule has 2 rings (SSSR count). The first-order valence-electron chi connectivity index (χ1n) is 5.46. The van der Waals surface area contributed by atoms with Crippen molar-refractivity contribution in [2.75, 3.05) is 5.32 Å². The maximum Gasteiger partial charge on any atom is 0.416 e. The summed E-state index contributed by atoms with van der Waals surface area (Å²) in [7, 11) is 0. The summed E-state index contributed by atoms with van der Waals surface area (Å²) in [6.45, 7) is 0. The summed E-state index contributed by atoms with van der Waals surface area (Å²) in [4.78, 5) is 15.2. The first kappa shape index (κ1) is 14.0. The Balaban J connectivity index is 2.15. The molecule has 0 radical (unpaired) electrons. The number of halogens is 4. The average molecular weight is 284 g/mol. The maximum atomic E-state index is 13.3. The largest absolute Gasteiger partial charge is 0.416 e. The van der Waals surface area contributed by atoms with Gasteiger partial charge in [0, 0.05) is 11.9 Å². The van der Waals surface area contributed by atoms with Crippen LogP contribution in [0.5, 0.6) is 0 Å². The Labute approximate surface area is 111 Å². The van der Waals surface area contributed by atoms with E-state index in [9.17, 15) is 22.4 Å². The molecule has 0 fully saturated rings. The van der Waals surface area contributed by atoms with E-state index < -0.39 is 23.5 Å². The highest BCUT2D eigenvalue weighted by molar-refractivity contribution is 6.04. The van der Waals surface area contributed by atoms with Gasteiger partial charge in [-0.2, -0.15) is 13.2 Å². The standard InChI is InChI=1S/C13H8F4N2O/c14-11-7-18-6-5-10(11)12(20)19-9-3-1-8(2-4-9)13(15,16)17/h1-7H,(H,19,20). The van der Waals surface area contributed by atoms with E-state index in [-0.39, 0.29) is 11.3 Å². The Morgan fingerprint density at radius 2 is 1.75 bits per heavy atom. The van der Waals surface area contributed by atoms with E-state index in [0.717, 1.165) is 30.5 Å². The molecule has 1 N–H and O–H groups in total. The molecule has 7 heteroatoms. The predicted octanol–water partition coefficient (Wildman–Crippen LogP) is 3.49. The number of nitrogens with one attached hydrogen (secondary N) is 1. The second kappa shape index (κ2) is 5.28. The smallest absolute Gasteiger partial charge is 0.322 e.